The van der Waals surface area contributed by atoms with Crippen molar-refractivity contribution < 1.29 is 18.7 Å². The van der Waals surface area contributed by atoms with Crippen molar-refractivity contribution in [1.29, 1.82) is 0 Å². The van der Waals surface area contributed by atoms with Crippen LogP contribution in [0.4, 0.5) is 15.8 Å². The molecule has 0 unspecified atom stereocenters. The molecule has 1 fully saturated rings. The summed E-state index contributed by atoms with van der Waals surface area (Å²) in [7, 11) is 0. The summed E-state index contributed by atoms with van der Waals surface area (Å²) in [6.07, 6.45) is 1.73. The number of carbonyl (C=O) groups is 2. The number of ether oxygens (including phenoxy) is 1. The first kappa shape index (κ1) is 28.0. The van der Waals surface area contributed by atoms with Crippen LogP contribution in [0, 0.1) is 5.82 Å². The van der Waals surface area contributed by atoms with Crippen LogP contribution in [0.5, 0.6) is 5.75 Å². The number of rotatable bonds is 7. The molecule has 4 aromatic rings. The number of halogens is 3. The van der Waals surface area contributed by atoms with Crippen molar-refractivity contribution in [3.8, 4) is 5.75 Å². The molecule has 1 aliphatic rings. The van der Waals surface area contributed by atoms with Gasteiger partial charge in [-0.25, -0.2) is 4.39 Å². The fraction of sp³-hybridized carbons (Fsp3) is 0.0333. The normalized spacial score (nSPS) is 14.1. The molecule has 1 saturated heterocycles. The maximum Gasteiger partial charge on any atom is 0.270 e. The molecule has 1 aliphatic heterocycles. The van der Waals surface area contributed by atoms with E-state index < -0.39 is 11.7 Å². The van der Waals surface area contributed by atoms with Gasteiger partial charge in [0, 0.05) is 31.9 Å². The van der Waals surface area contributed by atoms with E-state index in [-0.39, 0.29) is 12.5 Å². The molecule has 1 heterocycles. The largest absolute Gasteiger partial charge is 0.488 e. The molecule has 0 saturated carbocycles. The SMILES string of the molecule is O=C(Nc1ccc(F)cc1)c1cccc(N2C(=O)/C(=C\c3cc(Br)ccc3OCc3ccccc3Cl)SC2=S)c1. The second-order valence-electron chi connectivity index (χ2n) is 8.59. The summed E-state index contributed by atoms with van der Waals surface area (Å²) in [6, 6.07) is 25.0. The van der Waals surface area contributed by atoms with E-state index in [0.29, 0.717) is 42.5 Å². The number of benzene rings is 4. The van der Waals surface area contributed by atoms with Crippen molar-refractivity contribution in [2.75, 3.05) is 10.2 Å². The Morgan fingerprint density at radius 2 is 1.82 bits per heavy atom. The quantitative estimate of drug-likeness (QED) is 0.160. The molecule has 5 rings (SSSR count). The Morgan fingerprint density at radius 1 is 1.05 bits per heavy atom. The zero-order valence-corrected chi connectivity index (χ0v) is 24.5. The lowest BCUT2D eigenvalue weighted by Gasteiger charge is -2.15. The Balaban J connectivity index is 1.37. The van der Waals surface area contributed by atoms with E-state index in [0.717, 1.165) is 21.8 Å². The van der Waals surface area contributed by atoms with Crippen molar-refractivity contribution in [2.24, 2.45) is 0 Å². The van der Waals surface area contributed by atoms with Crippen molar-refractivity contribution in [3.05, 3.63) is 128 Å². The number of nitrogens with zero attached hydrogens (tertiary/aromatic N) is 1. The minimum atomic E-state index is -0.399. The topological polar surface area (TPSA) is 58.6 Å². The highest BCUT2D eigenvalue weighted by molar-refractivity contribution is 9.10. The Bertz CT molecular complexity index is 1660. The lowest BCUT2D eigenvalue weighted by atomic mass is 10.1. The first-order chi connectivity index (χ1) is 19.3. The molecule has 10 heteroatoms. The van der Waals surface area contributed by atoms with Gasteiger partial charge in [-0.05, 0) is 72.8 Å². The van der Waals surface area contributed by atoms with Crippen molar-refractivity contribution >= 4 is 85.1 Å². The van der Waals surface area contributed by atoms with Gasteiger partial charge in [0.15, 0.2) is 4.32 Å². The van der Waals surface area contributed by atoms with Crippen LogP contribution in [-0.4, -0.2) is 16.1 Å². The van der Waals surface area contributed by atoms with Crippen molar-refractivity contribution in [2.45, 2.75) is 6.61 Å². The molecule has 0 aliphatic carbocycles. The minimum Gasteiger partial charge on any atom is -0.488 e. The van der Waals surface area contributed by atoms with Crippen LogP contribution in [0.3, 0.4) is 0 Å². The van der Waals surface area contributed by atoms with E-state index in [1.807, 2.05) is 36.4 Å². The summed E-state index contributed by atoms with van der Waals surface area (Å²) in [5.74, 6) is -0.538. The minimum absolute atomic E-state index is 0.260. The fourth-order valence-electron chi connectivity index (χ4n) is 3.89. The standard InChI is InChI=1S/C30H19BrClFN2O3S2/c31-21-8-13-26(38-17-19-4-1-2-7-25(19)32)20(14-21)16-27-29(37)35(30(39)40-27)24-6-3-5-18(15-24)28(36)34-23-11-9-22(33)10-12-23/h1-16H,17H2,(H,34,36)/b27-16+. The van der Waals surface area contributed by atoms with Crippen molar-refractivity contribution in [3.63, 3.8) is 0 Å². The highest BCUT2D eigenvalue weighted by atomic mass is 79.9. The lowest BCUT2D eigenvalue weighted by molar-refractivity contribution is -0.113. The Hall–Kier alpha value is -3.50. The highest BCUT2D eigenvalue weighted by Crippen LogP contribution is 2.38. The van der Waals surface area contributed by atoms with E-state index in [4.69, 9.17) is 28.6 Å². The lowest BCUT2D eigenvalue weighted by Crippen LogP contribution is -2.27. The molecule has 2 amide bonds. The van der Waals surface area contributed by atoms with Crippen LogP contribution in [0.2, 0.25) is 5.02 Å². The average Bonchev–Trinajstić information content (AvgIpc) is 3.22. The fourth-order valence-corrected chi connectivity index (χ4v) is 5.75. The number of thiocarbonyl (C=S) groups is 1. The van der Waals surface area contributed by atoms with Gasteiger partial charge in [-0.3, -0.25) is 14.5 Å². The van der Waals surface area contributed by atoms with E-state index in [9.17, 15) is 14.0 Å². The van der Waals surface area contributed by atoms with E-state index in [2.05, 4.69) is 21.2 Å². The number of thioether (sulfide) groups is 1. The summed E-state index contributed by atoms with van der Waals surface area (Å²) in [6.45, 7) is 0.260. The van der Waals surface area contributed by atoms with Gasteiger partial charge in [-0.15, -0.1) is 0 Å². The summed E-state index contributed by atoms with van der Waals surface area (Å²) in [4.78, 5) is 28.1. The van der Waals surface area contributed by atoms with E-state index in [1.165, 1.54) is 29.2 Å². The molecular weight excluding hydrogens is 635 g/mol. The summed E-state index contributed by atoms with van der Waals surface area (Å²) in [5.41, 5.74) is 2.76. The molecular formula is C30H19BrClFN2O3S2. The van der Waals surface area contributed by atoms with Gasteiger partial charge < -0.3 is 10.1 Å². The molecule has 0 radical (unpaired) electrons. The van der Waals surface area contributed by atoms with Gasteiger partial charge in [0.05, 0.1) is 10.6 Å². The third-order valence-electron chi connectivity index (χ3n) is 5.86. The van der Waals surface area contributed by atoms with Gasteiger partial charge in [0.25, 0.3) is 11.8 Å². The van der Waals surface area contributed by atoms with E-state index >= 15 is 0 Å². The van der Waals surface area contributed by atoms with Gasteiger partial charge >= 0.3 is 0 Å². The monoisotopic (exact) mass is 652 g/mol. The number of amides is 2. The number of hydrogen-bond acceptors (Lipinski definition) is 5. The van der Waals surface area contributed by atoms with Crippen LogP contribution in [0.1, 0.15) is 21.5 Å². The highest BCUT2D eigenvalue weighted by Gasteiger charge is 2.34. The van der Waals surface area contributed by atoms with Crippen LogP contribution in [0.15, 0.2) is 100 Å². The van der Waals surface area contributed by atoms with Crippen LogP contribution in [0.25, 0.3) is 6.08 Å². The molecule has 0 aromatic heterocycles. The molecule has 40 heavy (non-hydrogen) atoms. The van der Waals surface area contributed by atoms with Gasteiger partial charge in [-0.1, -0.05) is 75.8 Å². The van der Waals surface area contributed by atoms with Gasteiger partial charge in [0.1, 0.15) is 18.2 Å². The number of nitrogens with one attached hydrogen (secondary N) is 1. The number of anilines is 2. The molecule has 0 atom stereocenters. The molecule has 1 N–H and O–H groups in total. The Labute approximate surface area is 253 Å². The van der Waals surface area contributed by atoms with Gasteiger partial charge in [-0.2, -0.15) is 0 Å². The molecule has 0 spiro atoms. The van der Waals surface area contributed by atoms with Gasteiger partial charge in [0.2, 0.25) is 0 Å². The second kappa shape index (κ2) is 12.3. The molecule has 4 aromatic carbocycles. The number of carbonyl (C=O) groups excluding carboxylic acids is 2. The summed E-state index contributed by atoms with van der Waals surface area (Å²) < 4.78 is 20.4. The number of hydrogen-bond donors (Lipinski definition) is 1. The smallest absolute Gasteiger partial charge is 0.270 e. The van der Waals surface area contributed by atoms with Crippen LogP contribution >= 0.6 is 51.5 Å². The average molecular weight is 654 g/mol. The first-order valence-electron chi connectivity index (χ1n) is 11.9. The summed E-state index contributed by atoms with van der Waals surface area (Å²) >= 11 is 16.5. The Morgan fingerprint density at radius 3 is 2.60 bits per heavy atom. The predicted molar refractivity (Wildman–Crippen MR) is 166 cm³/mol. The molecule has 200 valence electrons. The molecule has 0 bridgehead atoms. The zero-order valence-electron chi connectivity index (χ0n) is 20.6. The third-order valence-corrected chi connectivity index (χ3v) is 8.03. The zero-order chi connectivity index (χ0) is 28.2. The summed E-state index contributed by atoms with van der Waals surface area (Å²) in [5, 5.41) is 3.33. The van der Waals surface area contributed by atoms with Crippen molar-refractivity contribution in [1.82, 2.24) is 0 Å². The first-order valence-corrected chi connectivity index (χ1v) is 14.3. The Kier molecular flexibility index (Phi) is 8.66. The predicted octanol–water partition coefficient (Wildman–Crippen LogP) is 8.48. The maximum atomic E-state index is 13.5. The molecule has 5 nitrogen and oxygen atoms in total. The maximum absolute atomic E-state index is 13.5. The van der Waals surface area contributed by atoms with Crippen LogP contribution in [-0.2, 0) is 11.4 Å². The third kappa shape index (κ3) is 6.45. The second-order valence-corrected chi connectivity index (χ2v) is 11.6. The van der Waals surface area contributed by atoms with E-state index in [1.54, 1.807) is 36.4 Å². The van der Waals surface area contributed by atoms with Crippen LogP contribution < -0.4 is 15.0 Å².